The Balaban J connectivity index is 3.64. The molecule has 2 atom stereocenters. The Morgan fingerprint density at radius 2 is 2.12 bits per heavy atom. The van der Waals surface area contributed by atoms with Crippen molar-refractivity contribution >= 4 is 5.97 Å². The maximum Gasteiger partial charge on any atom is 0.323 e. The molecule has 4 heteroatoms. The van der Waals surface area contributed by atoms with Crippen LogP contribution < -0.4 is 5.73 Å². The van der Waals surface area contributed by atoms with Gasteiger partial charge < -0.3 is 15.9 Å². The van der Waals surface area contributed by atoms with Crippen molar-refractivity contribution in [2.75, 3.05) is 0 Å². The highest BCUT2D eigenvalue weighted by Crippen LogP contribution is 1.85. The first-order chi connectivity index (χ1) is 3.55. The topological polar surface area (TPSA) is 83.5 Å². The Morgan fingerprint density at radius 3 is 2.12 bits per heavy atom. The van der Waals surface area contributed by atoms with E-state index in [9.17, 15) is 4.79 Å². The van der Waals surface area contributed by atoms with Crippen LogP contribution in [-0.4, -0.2) is 28.3 Å². The molecule has 0 aliphatic rings. The van der Waals surface area contributed by atoms with E-state index in [0.717, 1.165) is 0 Å². The zero-order chi connectivity index (χ0) is 6.73. The van der Waals surface area contributed by atoms with Gasteiger partial charge >= 0.3 is 5.97 Å². The Labute approximate surface area is 46.9 Å². The summed E-state index contributed by atoms with van der Waals surface area (Å²) < 4.78 is 0. The molecule has 4 nitrogen and oxygen atoms in total. The second-order valence-electron chi connectivity index (χ2n) is 1.60. The lowest BCUT2D eigenvalue weighted by molar-refractivity contribution is -0.140. The SMILES string of the molecule is C[C@@H](O)C(N)C(=O)O. The first-order valence-corrected chi connectivity index (χ1v) is 2.22. The predicted octanol–water partition coefficient (Wildman–Crippen LogP) is -1.22. The first-order valence-electron chi connectivity index (χ1n) is 2.22. The first kappa shape index (κ1) is 7.39. The van der Waals surface area contributed by atoms with Gasteiger partial charge in [-0.05, 0) is 6.92 Å². The van der Waals surface area contributed by atoms with Crippen molar-refractivity contribution in [2.45, 2.75) is 19.1 Å². The molecule has 0 saturated heterocycles. The minimum absolute atomic E-state index is 0.979. The molecule has 48 valence electrons. The monoisotopic (exact) mass is 119 g/mol. The maximum atomic E-state index is 9.86. The van der Waals surface area contributed by atoms with Crippen LogP contribution in [0.3, 0.4) is 0 Å². The maximum absolute atomic E-state index is 9.86. The van der Waals surface area contributed by atoms with E-state index in [1.165, 1.54) is 6.92 Å². The number of hydrogen-bond donors (Lipinski definition) is 3. The van der Waals surface area contributed by atoms with Crippen molar-refractivity contribution in [3.63, 3.8) is 0 Å². The Morgan fingerprint density at radius 1 is 1.75 bits per heavy atom. The minimum Gasteiger partial charge on any atom is -0.480 e. The molecular weight excluding hydrogens is 110 g/mol. The van der Waals surface area contributed by atoms with Gasteiger partial charge in [-0.1, -0.05) is 0 Å². The molecule has 0 aromatic heterocycles. The van der Waals surface area contributed by atoms with E-state index in [4.69, 9.17) is 15.9 Å². The molecule has 8 heavy (non-hydrogen) atoms. The molecule has 0 fully saturated rings. The number of nitrogens with two attached hydrogens (primary N) is 1. The fourth-order valence-corrected chi connectivity index (χ4v) is 0.206. The molecule has 0 bridgehead atoms. The van der Waals surface area contributed by atoms with Crippen LogP contribution in [0.15, 0.2) is 0 Å². The number of carboxylic acids is 1. The molecule has 0 saturated carbocycles. The van der Waals surface area contributed by atoms with Crippen LogP contribution in [0.25, 0.3) is 0 Å². The van der Waals surface area contributed by atoms with Crippen LogP contribution in [0, 0.1) is 0 Å². The third-order valence-corrected chi connectivity index (χ3v) is 0.805. The highest BCUT2D eigenvalue weighted by atomic mass is 16.4. The van der Waals surface area contributed by atoms with Crippen molar-refractivity contribution in [1.82, 2.24) is 0 Å². The van der Waals surface area contributed by atoms with Gasteiger partial charge in [0.05, 0.1) is 6.10 Å². The lowest BCUT2D eigenvalue weighted by Crippen LogP contribution is -2.39. The largest absolute Gasteiger partial charge is 0.480 e. The molecule has 4 N–H and O–H groups in total. The van der Waals surface area contributed by atoms with E-state index in [-0.39, 0.29) is 0 Å². The lowest BCUT2D eigenvalue weighted by atomic mass is 10.2. The van der Waals surface area contributed by atoms with Gasteiger partial charge in [-0.15, -0.1) is 0 Å². The van der Waals surface area contributed by atoms with Crippen LogP contribution in [0.2, 0.25) is 0 Å². The summed E-state index contributed by atoms with van der Waals surface area (Å²) in [6, 6.07) is -1.16. The van der Waals surface area contributed by atoms with E-state index in [0.29, 0.717) is 0 Å². The highest BCUT2D eigenvalue weighted by molar-refractivity contribution is 5.73. The van der Waals surface area contributed by atoms with Crippen molar-refractivity contribution in [3.05, 3.63) is 0 Å². The normalized spacial score (nSPS) is 17.4. The summed E-state index contributed by atoms with van der Waals surface area (Å²) in [6.07, 6.45) is -0.979. The second-order valence-corrected chi connectivity index (χ2v) is 1.60. The third kappa shape index (κ3) is 1.90. The summed E-state index contributed by atoms with van der Waals surface area (Å²) in [7, 11) is 0. The van der Waals surface area contributed by atoms with Crippen LogP contribution in [-0.2, 0) is 4.79 Å². The molecule has 0 aliphatic carbocycles. The van der Waals surface area contributed by atoms with Crippen molar-refractivity contribution in [1.29, 1.82) is 0 Å². The summed E-state index contributed by atoms with van der Waals surface area (Å²) in [4.78, 5) is 9.86. The predicted molar refractivity (Wildman–Crippen MR) is 27.3 cm³/mol. The number of carbonyl (C=O) groups is 1. The number of aliphatic hydroxyl groups excluding tert-OH is 1. The van der Waals surface area contributed by atoms with Crippen LogP contribution in [0.5, 0.6) is 0 Å². The Hall–Kier alpha value is -0.610. The Bertz CT molecular complexity index is 91.3. The molecule has 0 aromatic carbocycles. The second kappa shape index (κ2) is 2.64. The van der Waals surface area contributed by atoms with Crippen LogP contribution in [0.4, 0.5) is 0 Å². The van der Waals surface area contributed by atoms with Crippen molar-refractivity contribution in [2.24, 2.45) is 5.73 Å². The van der Waals surface area contributed by atoms with Gasteiger partial charge in [0, 0.05) is 0 Å². The zero-order valence-electron chi connectivity index (χ0n) is 4.53. The summed E-state index contributed by atoms with van der Waals surface area (Å²) in [5.74, 6) is -1.18. The average Bonchev–Trinajstić information content (AvgIpc) is 1.64. The molecule has 0 amide bonds. The van der Waals surface area contributed by atoms with Gasteiger partial charge in [-0.25, -0.2) is 0 Å². The van der Waals surface area contributed by atoms with Gasteiger partial charge in [0.15, 0.2) is 0 Å². The fourth-order valence-electron chi connectivity index (χ4n) is 0.206. The molecule has 0 rings (SSSR count). The molecule has 0 heterocycles. The number of hydrogen-bond acceptors (Lipinski definition) is 3. The summed E-state index contributed by atoms with van der Waals surface area (Å²) >= 11 is 0. The summed E-state index contributed by atoms with van der Waals surface area (Å²) in [6.45, 7) is 1.33. The van der Waals surface area contributed by atoms with E-state index < -0.39 is 18.1 Å². The van der Waals surface area contributed by atoms with E-state index in [1.54, 1.807) is 0 Å². The van der Waals surface area contributed by atoms with E-state index >= 15 is 0 Å². The number of aliphatic carboxylic acids is 1. The Kier molecular flexibility index (Phi) is 2.44. The van der Waals surface area contributed by atoms with E-state index in [1.807, 2.05) is 0 Å². The van der Waals surface area contributed by atoms with Gasteiger partial charge in [0.2, 0.25) is 0 Å². The standard InChI is InChI=1S/C4H9NO3/c1-2(6)3(5)4(7)8/h2-3,6H,5H2,1H3,(H,7,8)/t2-,3?/m1/s1. The molecule has 0 radical (unpaired) electrons. The zero-order valence-corrected chi connectivity index (χ0v) is 4.53. The van der Waals surface area contributed by atoms with Gasteiger partial charge in [-0.3, -0.25) is 4.79 Å². The number of carboxylic acid groups (broad SMARTS) is 1. The van der Waals surface area contributed by atoms with Crippen LogP contribution in [0.1, 0.15) is 6.92 Å². The van der Waals surface area contributed by atoms with Crippen molar-refractivity contribution < 1.29 is 15.0 Å². The lowest BCUT2D eigenvalue weighted by Gasteiger charge is -2.06. The number of rotatable bonds is 2. The molecule has 0 aromatic rings. The summed E-state index contributed by atoms with van der Waals surface area (Å²) in [5, 5.41) is 16.6. The quantitative estimate of drug-likeness (QED) is 0.425. The van der Waals surface area contributed by atoms with Crippen molar-refractivity contribution in [3.8, 4) is 0 Å². The number of aliphatic hydroxyl groups is 1. The van der Waals surface area contributed by atoms with Gasteiger partial charge in [0.25, 0.3) is 0 Å². The summed E-state index contributed by atoms with van der Waals surface area (Å²) in [5.41, 5.74) is 4.91. The van der Waals surface area contributed by atoms with Gasteiger partial charge in [0.1, 0.15) is 6.04 Å². The minimum atomic E-state index is -1.18. The molecule has 0 spiro atoms. The fraction of sp³-hybridized carbons (Fsp3) is 0.750. The highest BCUT2D eigenvalue weighted by Gasteiger charge is 2.16. The third-order valence-electron chi connectivity index (χ3n) is 0.805. The van der Waals surface area contributed by atoms with E-state index in [2.05, 4.69) is 0 Å². The van der Waals surface area contributed by atoms with Gasteiger partial charge in [-0.2, -0.15) is 0 Å². The molecule has 0 aliphatic heterocycles. The average molecular weight is 119 g/mol. The van der Waals surface area contributed by atoms with Crippen LogP contribution >= 0.6 is 0 Å². The molecular formula is C4H9NO3. The smallest absolute Gasteiger partial charge is 0.323 e. The molecule has 1 unspecified atom stereocenters.